The molecule has 4 nitrogen and oxygen atoms in total. The first-order valence-electron chi connectivity index (χ1n) is 6.84. The predicted octanol–water partition coefficient (Wildman–Crippen LogP) is 3.67. The number of imidazole rings is 1. The van der Waals surface area contributed by atoms with Crippen LogP contribution in [0.4, 0.5) is 5.95 Å². The Hall–Kier alpha value is -1.52. The van der Waals surface area contributed by atoms with Crippen LogP contribution in [0, 0.1) is 6.92 Å². The van der Waals surface area contributed by atoms with E-state index in [0.29, 0.717) is 0 Å². The Bertz CT molecular complexity index is 554. The number of anilines is 1. The van der Waals surface area contributed by atoms with Crippen LogP contribution in [-0.2, 0) is 4.74 Å². The van der Waals surface area contributed by atoms with Gasteiger partial charge >= 0.3 is 0 Å². The number of nitrogens with one attached hydrogen (secondary N) is 1. The van der Waals surface area contributed by atoms with Gasteiger partial charge < -0.3 is 10.1 Å². The number of nitrogens with zero attached hydrogens (tertiary/aromatic N) is 2. The minimum absolute atomic E-state index is 0.724. The van der Waals surface area contributed by atoms with Crippen molar-refractivity contribution in [2.24, 2.45) is 0 Å². The van der Waals surface area contributed by atoms with E-state index in [9.17, 15) is 0 Å². The summed E-state index contributed by atoms with van der Waals surface area (Å²) < 4.78 is 7.33. The summed E-state index contributed by atoms with van der Waals surface area (Å²) in [7, 11) is 0. The molecule has 1 aromatic carbocycles. The highest BCUT2D eigenvalue weighted by molar-refractivity contribution is 6.30. The quantitative estimate of drug-likeness (QED) is 0.792. The molecule has 0 unspecified atom stereocenters. The summed E-state index contributed by atoms with van der Waals surface area (Å²) in [6, 6.07) is 5.85. The molecule has 0 aliphatic heterocycles. The van der Waals surface area contributed by atoms with Crippen LogP contribution in [0.15, 0.2) is 30.6 Å². The molecule has 0 radical (unpaired) electrons. The number of hydrogen-bond donors (Lipinski definition) is 1. The third-order valence-electron chi connectivity index (χ3n) is 3.02. The van der Waals surface area contributed by atoms with Gasteiger partial charge in [-0.1, -0.05) is 17.7 Å². The van der Waals surface area contributed by atoms with Crippen molar-refractivity contribution < 1.29 is 4.74 Å². The highest BCUT2D eigenvalue weighted by atomic mass is 35.5. The Balaban J connectivity index is 2.06. The van der Waals surface area contributed by atoms with Crippen LogP contribution in [0.1, 0.15) is 18.9 Å². The van der Waals surface area contributed by atoms with Gasteiger partial charge in [0, 0.05) is 37.2 Å². The average Bonchev–Trinajstić information content (AvgIpc) is 2.89. The summed E-state index contributed by atoms with van der Waals surface area (Å²) in [5, 5.41) is 4.05. The number of ether oxygens (including phenoxy) is 1. The second-order valence-corrected chi connectivity index (χ2v) is 4.97. The van der Waals surface area contributed by atoms with Crippen molar-refractivity contribution in [3.8, 4) is 5.69 Å². The summed E-state index contributed by atoms with van der Waals surface area (Å²) in [5.74, 6) is 0.826. The summed E-state index contributed by atoms with van der Waals surface area (Å²) >= 11 is 6.08. The Morgan fingerprint density at radius 1 is 1.40 bits per heavy atom. The van der Waals surface area contributed by atoms with E-state index in [0.717, 1.165) is 48.4 Å². The van der Waals surface area contributed by atoms with Crippen LogP contribution in [0.25, 0.3) is 5.69 Å². The van der Waals surface area contributed by atoms with Crippen LogP contribution in [0.3, 0.4) is 0 Å². The number of benzene rings is 1. The molecule has 0 atom stereocenters. The molecular formula is C15H20ClN3O. The molecule has 0 aliphatic carbocycles. The van der Waals surface area contributed by atoms with E-state index < -0.39 is 0 Å². The van der Waals surface area contributed by atoms with Gasteiger partial charge in [-0.05, 0) is 38.0 Å². The maximum Gasteiger partial charge on any atom is 0.207 e. The Kier molecular flexibility index (Phi) is 5.44. The lowest BCUT2D eigenvalue weighted by molar-refractivity contribution is 0.147. The molecule has 5 heteroatoms. The maximum absolute atomic E-state index is 6.08. The van der Waals surface area contributed by atoms with E-state index in [-0.39, 0.29) is 0 Å². The summed E-state index contributed by atoms with van der Waals surface area (Å²) in [6.07, 6.45) is 4.67. The molecule has 20 heavy (non-hydrogen) atoms. The molecule has 108 valence electrons. The van der Waals surface area contributed by atoms with Crippen LogP contribution >= 0.6 is 11.6 Å². The smallest absolute Gasteiger partial charge is 0.207 e. The highest BCUT2D eigenvalue weighted by Crippen LogP contribution is 2.22. The molecule has 2 aromatic rings. The van der Waals surface area contributed by atoms with Gasteiger partial charge in [-0.2, -0.15) is 0 Å². The van der Waals surface area contributed by atoms with Crippen molar-refractivity contribution in [3.63, 3.8) is 0 Å². The van der Waals surface area contributed by atoms with Gasteiger partial charge in [0.05, 0.1) is 5.69 Å². The number of hydrogen-bond acceptors (Lipinski definition) is 3. The van der Waals surface area contributed by atoms with Gasteiger partial charge in [0.2, 0.25) is 5.95 Å². The van der Waals surface area contributed by atoms with E-state index in [1.165, 1.54) is 0 Å². The van der Waals surface area contributed by atoms with Crippen LogP contribution in [-0.4, -0.2) is 29.3 Å². The second kappa shape index (κ2) is 7.31. The molecule has 0 saturated carbocycles. The fraction of sp³-hybridized carbons (Fsp3) is 0.400. The highest BCUT2D eigenvalue weighted by Gasteiger charge is 2.07. The standard InChI is InChI=1S/C15H20ClN3O/c1-3-20-10-4-7-17-15-18-8-9-19(15)14-11-13(16)6-5-12(14)2/h5-6,8-9,11H,3-4,7,10H2,1-2H3,(H,17,18). The van der Waals surface area contributed by atoms with E-state index >= 15 is 0 Å². The minimum Gasteiger partial charge on any atom is -0.382 e. The fourth-order valence-electron chi connectivity index (χ4n) is 1.99. The van der Waals surface area contributed by atoms with Crippen LogP contribution in [0.5, 0.6) is 0 Å². The van der Waals surface area contributed by atoms with Crippen LogP contribution in [0.2, 0.25) is 5.02 Å². The maximum atomic E-state index is 6.08. The Morgan fingerprint density at radius 2 is 2.25 bits per heavy atom. The minimum atomic E-state index is 0.724. The van der Waals surface area contributed by atoms with Crippen molar-refractivity contribution in [2.75, 3.05) is 25.1 Å². The third kappa shape index (κ3) is 3.74. The van der Waals surface area contributed by atoms with E-state index in [4.69, 9.17) is 16.3 Å². The summed E-state index contributed by atoms with van der Waals surface area (Å²) in [6.45, 7) is 6.42. The van der Waals surface area contributed by atoms with Gasteiger partial charge in [0.1, 0.15) is 0 Å². The molecule has 2 rings (SSSR count). The van der Waals surface area contributed by atoms with Gasteiger partial charge in [0.25, 0.3) is 0 Å². The first-order chi connectivity index (χ1) is 9.72. The lowest BCUT2D eigenvalue weighted by Crippen LogP contribution is -2.10. The third-order valence-corrected chi connectivity index (χ3v) is 3.26. The first kappa shape index (κ1) is 14.9. The number of aromatic nitrogens is 2. The second-order valence-electron chi connectivity index (χ2n) is 4.53. The molecule has 1 aromatic heterocycles. The largest absolute Gasteiger partial charge is 0.382 e. The van der Waals surface area contributed by atoms with E-state index in [1.54, 1.807) is 6.20 Å². The molecular weight excluding hydrogens is 274 g/mol. The molecule has 0 spiro atoms. The SMILES string of the molecule is CCOCCCNc1nccn1-c1cc(Cl)ccc1C. The van der Waals surface area contributed by atoms with E-state index in [2.05, 4.69) is 17.2 Å². The fourth-order valence-corrected chi connectivity index (χ4v) is 2.16. The zero-order chi connectivity index (χ0) is 14.4. The van der Waals surface area contributed by atoms with Crippen molar-refractivity contribution in [1.29, 1.82) is 0 Å². The van der Waals surface area contributed by atoms with Crippen molar-refractivity contribution in [3.05, 3.63) is 41.2 Å². The Labute approximate surface area is 124 Å². The number of halogens is 1. The molecule has 0 saturated heterocycles. The van der Waals surface area contributed by atoms with Crippen LogP contribution < -0.4 is 5.32 Å². The van der Waals surface area contributed by atoms with E-state index in [1.807, 2.05) is 35.9 Å². The molecule has 1 heterocycles. The van der Waals surface area contributed by atoms with Gasteiger partial charge in [0.15, 0.2) is 0 Å². The summed E-state index contributed by atoms with van der Waals surface area (Å²) in [5.41, 5.74) is 2.20. The molecule has 0 aliphatic rings. The zero-order valence-corrected chi connectivity index (χ0v) is 12.7. The Morgan fingerprint density at radius 3 is 3.05 bits per heavy atom. The number of aryl methyl sites for hydroxylation is 1. The topological polar surface area (TPSA) is 39.1 Å². The monoisotopic (exact) mass is 293 g/mol. The summed E-state index contributed by atoms with van der Waals surface area (Å²) in [4.78, 5) is 4.35. The number of rotatable bonds is 7. The lowest BCUT2D eigenvalue weighted by atomic mass is 10.2. The van der Waals surface area contributed by atoms with Gasteiger partial charge in [-0.3, -0.25) is 4.57 Å². The molecule has 0 fully saturated rings. The van der Waals surface area contributed by atoms with Crippen molar-refractivity contribution >= 4 is 17.5 Å². The normalized spacial score (nSPS) is 10.8. The lowest BCUT2D eigenvalue weighted by Gasteiger charge is -2.12. The molecule has 0 amide bonds. The average molecular weight is 294 g/mol. The van der Waals surface area contributed by atoms with Gasteiger partial charge in [-0.15, -0.1) is 0 Å². The zero-order valence-electron chi connectivity index (χ0n) is 11.9. The predicted molar refractivity (Wildman–Crippen MR) is 82.9 cm³/mol. The molecule has 0 bridgehead atoms. The molecule has 1 N–H and O–H groups in total. The van der Waals surface area contributed by atoms with Gasteiger partial charge in [-0.25, -0.2) is 4.98 Å². The van der Waals surface area contributed by atoms with Crippen molar-refractivity contribution in [2.45, 2.75) is 20.3 Å². The first-order valence-corrected chi connectivity index (χ1v) is 7.21. The van der Waals surface area contributed by atoms with Crippen molar-refractivity contribution in [1.82, 2.24) is 9.55 Å².